The van der Waals surface area contributed by atoms with Crippen LogP contribution in [-0.2, 0) is 0 Å². The lowest BCUT2D eigenvalue weighted by molar-refractivity contribution is 0.415. The van der Waals surface area contributed by atoms with Gasteiger partial charge in [0.1, 0.15) is 10.9 Å². The molecule has 0 aliphatic carbocycles. The smallest absolute Gasteiger partial charge is 0.130 e. The molecule has 0 saturated heterocycles. The predicted octanol–water partition coefficient (Wildman–Crippen LogP) is 2.41. The molecule has 2 aromatic rings. The Bertz CT molecular complexity index is 450. The SMILES string of the molecule is COc1ccc2[nH]c(Cl)c(N)c2c1. The van der Waals surface area contributed by atoms with Crippen molar-refractivity contribution in [1.82, 2.24) is 4.98 Å². The molecule has 1 heterocycles. The zero-order chi connectivity index (χ0) is 9.42. The Morgan fingerprint density at radius 1 is 1.46 bits per heavy atom. The molecular formula is C9H9ClN2O. The van der Waals surface area contributed by atoms with Gasteiger partial charge in [-0.05, 0) is 18.2 Å². The van der Waals surface area contributed by atoms with Crippen molar-refractivity contribution in [1.29, 1.82) is 0 Å². The molecule has 0 aliphatic rings. The highest BCUT2D eigenvalue weighted by Crippen LogP contribution is 2.30. The van der Waals surface area contributed by atoms with E-state index >= 15 is 0 Å². The van der Waals surface area contributed by atoms with Crippen molar-refractivity contribution in [2.75, 3.05) is 12.8 Å². The van der Waals surface area contributed by atoms with Crippen molar-refractivity contribution in [3.8, 4) is 5.75 Å². The van der Waals surface area contributed by atoms with Crippen molar-refractivity contribution < 1.29 is 4.74 Å². The molecule has 13 heavy (non-hydrogen) atoms. The van der Waals surface area contributed by atoms with Gasteiger partial charge in [0.25, 0.3) is 0 Å². The van der Waals surface area contributed by atoms with E-state index in [2.05, 4.69) is 4.98 Å². The number of H-pyrrole nitrogens is 1. The highest BCUT2D eigenvalue weighted by atomic mass is 35.5. The zero-order valence-electron chi connectivity index (χ0n) is 7.10. The summed E-state index contributed by atoms with van der Waals surface area (Å²) < 4.78 is 5.07. The van der Waals surface area contributed by atoms with Crippen molar-refractivity contribution in [3.05, 3.63) is 23.4 Å². The highest BCUT2D eigenvalue weighted by molar-refractivity contribution is 6.34. The van der Waals surface area contributed by atoms with Crippen molar-refractivity contribution in [2.45, 2.75) is 0 Å². The lowest BCUT2D eigenvalue weighted by Crippen LogP contribution is -1.84. The fourth-order valence-corrected chi connectivity index (χ4v) is 1.49. The summed E-state index contributed by atoms with van der Waals surface area (Å²) in [5.74, 6) is 0.773. The van der Waals surface area contributed by atoms with Gasteiger partial charge in [-0.15, -0.1) is 0 Å². The maximum Gasteiger partial charge on any atom is 0.130 e. The van der Waals surface area contributed by atoms with E-state index in [9.17, 15) is 0 Å². The number of aromatic nitrogens is 1. The van der Waals surface area contributed by atoms with Crippen LogP contribution in [0.2, 0.25) is 5.15 Å². The summed E-state index contributed by atoms with van der Waals surface area (Å²) in [4.78, 5) is 2.96. The van der Waals surface area contributed by atoms with Gasteiger partial charge < -0.3 is 15.5 Å². The van der Waals surface area contributed by atoms with Crippen molar-refractivity contribution in [3.63, 3.8) is 0 Å². The number of nitrogen functional groups attached to an aromatic ring is 1. The number of methoxy groups -OCH3 is 1. The molecule has 3 nitrogen and oxygen atoms in total. The highest BCUT2D eigenvalue weighted by Gasteiger charge is 2.06. The third-order valence-corrected chi connectivity index (χ3v) is 2.30. The minimum absolute atomic E-state index is 0.475. The van der Waals surface area contributed by atoms with E-state index in [1.165, 1.54) is 0 Å². The Morgan fingerprint density at radius 3 is 2.92 bits per heavy atom. The van der Waals surface area contributed by atoms with Gasteiger partial charge in [0.2, 0.25) is 0 Å². The van der Waals surface area contributed by atoms with E-state index in [1.807, 2.05) is 18.2 Å². The Balaban J connectivity index is 2.75. The monoisotopic (exact) mass is 196 g/mol. The number of hydrogen-bond acceptors (Lipinski definition) is 2. The van der Waals surface area contributed by atoms with Crippen LogP contribution in [0.15, 0.2) is 18.2 Å². The first-order valence-electron chi connectivity index (χ1n) is 3.83. The molecule has 0 saturated carbocycles. The summed E-state index contributed by atoms with van der Waals surface area (Å²) in [5.41, 5.74) is 7.23. The Hall–Kier alpha value is -1.35. The third-order valence-electron chi connectivity index (χ3n) is 2.00. The van der Waals surface area contributed by atoms with Crippen LogP contribution >= 0.6 is 11.6 Å². The Kier molecular flexibility index (Phi) is 1.81. The van der Waals surface area contributed by atoms with E-state index in [1.54, 1.807) is 7.11 Å². The van der Waals surface area contributed by atoms with Gasteiger partial charge in [-0.3, -0.25) is 0 Å². The van der Waals surface area contributed by atoms with Crippen LogP contribution in [0.3, 0.4) is 0 Å². The summed E-state index contributed by atoms with van der Waals surface area (Å²) in [7, 11) is 1.62. The number of nitrogens with two attached hydrogens (primary N) is 1. The number of halogens is 1. The molecule has 0 atom stereocenters. The van der Waals surface area contributed by atoms with Gasteiger partial charge in [-0.1, -0.05) is 11.6 Å². The van der Waals surface area contributed by atoms with Crippen LogP contribution < -0.4 is 10.5 Å². The number of fused-ring (bicyclic) bond motifs is 1. The summed E-state index contributed by atoms with van der Waals surface area (Å²) in [6.45, 7) is 0. The molecule has 0 fully saturated rings. The molecule has 68 valence electrons. The topological polar surface area (TPSA) is 51.0 Å². The number of anilines is 1. The first kappa shape index (κ1) is 8.26. The molecule has 4 heteroatoms. The molecular weight excluding hydrogens is 188 g/mol. The van der Waals surface area contributed by atoms with Gasteiger partial charge in [0.05, 0.1) is 12.8 Å². The maximum atomic E-state index is 5.83. The largest absolute Gasteiger partial charge is 0.497 e. The predicted molar refractivity (Wildman–Crippen MR) is 54.3 cm³/mol. The van der Waals surface area contributed by atoms with Crippen LogP contribution in [0.4, 0.5) is 5.69 Å². The molecule has 0 amide bonds. The molecule has 0 unspecified atom stereocenters. The van der Waals surface area contributed by atoms with E-state index in [4.69, 9.17) is 22.1 Å². The molecule has 2 rings (SSSR count). The van der Waals surface area contributed by atoms with Gasteiger partial charge in [0.15, 0.2) is 0 Å². The second-order valence-electron chi connectivity index (χ2n) is 2.76. The quantitative estimate of drug-likeness (QED) is 0.736. The first-order valence-corrected chi connectivity index (χ1v) is 4.21. The third kappa shape index (κ3) is 1.21. The van der Waals surface area contributed by atoms with E-state index in [0.29, 0.717) is 10.8 Å². The van der Waals surface area contributed by atoms with Gasteiger partial charge in [0, 0.05) is 10.9 Å². The van der Waals surface area contributed by atoms with Gasteiger partial charge >= 0.3 is 0 Å². The maximum absolute atomic E-state index is 5.83. The van der Waals surface area contributed by atoms with Crippen molar-refractivity contribution >= 4 is 28.2 Å². The van der Waals surface area contributed by atoms with Crippen LogP contribution in [0, 0.1) is 0 Å². The average Bonchev–Trinajstić information content (AvgIpc) is 2.43. The summed E-state index contributed by atoms with van der Waals surface area (Å²) in [6, 6.07) is 5.60. The molecule has 0 bridgehead atoms. The van der Waals surface area contributed by atoms with Gasteiger partial charge in [-0.25, -0.2) is 0 Å². The molecule has 0 aliphatic heterocycles. The van der Waals surface area contributed by atoms with Crippen LogP contribution in [0.5, 0.6) is 5.75 Å². The lowest BCUT2D eigenvalue weighted by atomic mass is 10.2. The lowest BCUT2D eigenvalue weighted by Gasteiger charge is -1.98. The minimum atomic E-state index is 0.475. The van der Waals surface area contributed by atoms with Gasteiger partial charge in [-0.2, -0.15) is 0 Å². The van der Waals surface area contributed by atoms with E-state index < -0.39 is 0 Å². The number of benzene rings is 1. The normalized spacial score (nSPS) is 10.6. The molecule has 1 aromatic heterocycles. The second-order valence-corrected chi connectivity index (χ2v) is 3.14. The van der Waals surface area contributed by atoms with Crippen molar-refractivity contribution in [2.24, 2.45) is 0 Å². The summed E-state index contributed by atoms with van der Waals surface area (Å²) in [6.07, 6.45) is 0. The number of hydrogen-bond donors (Lipinski definition) is 2. The standard InChI is InChI=1S/C9H9ClN2O/c1-13-5-2-3-7-6(4-5)8(11)9(10)12-7/h2-4,12H,11H2,1H3. The average molecular weight is 197 g/mol. The fraction of sp³-hybridized carbons (Fsp3) is 0.111. The molecule has 3 N–H and O–H groups in total. The second kappa shape index (κ2) is 2.85. The van der Waals surface area contributed by atoms with E-state index in [0.717, 1.165) is 16.7 Å². The zero-order valence-corrected chi connectivity index (χ0v) is 7.85. The van der Waals surface area contributed by atoms with E-state index in [-0.39, 0.29) is 0 Å². The Morgan fingerprint density at radius 2 is 2.23 bits per heavy atom. The number of aromatic amines is 1. The van der Waals surface area contributed by atoms with Crippen LogP contribution in [0.25, 0.3) is 10.9 Å². The first-order chi connectivity index (χ1) is 6.22. The molecule has 0 spiro atoms. The fourth-order valence-electron chi connectivity index (χ4n) is 1.29. The number of ether oxygens (including phenoxy) is 1. The summed E-state index contributed by atoms with van der Waals surface area (Å²) in [5, 5.41) is 1.37. The number of rotatable bonds is 1. The van der Waals surface area contributed by atoms with Crippen LogP contribution in [-0.4, -0.2) is 12.1 Å². The number of nitrogens with one attached hydrogen (secondary N) is 1. The molecule has 1 aromatic carbocycles. The Labute approximate surface area is 80.4 Å². The minimum Gasteiger partial charge on any atom is -0.497 e. The molecule has 0 radical (unpaired) electrons. The van der Waals surface area contributed by atoms with Crippen LogP contribution in [0.1, 0.15) is 0 Å². The summed E-state index contributed by atoms with van der Waals surface area (Å²) >= 11 is 5.83.